The summed E-state index contributed by atoms with van der Waals surface area (Å²) >= 11 is 0. The Morgan fingerprint density at radius 3 is 2.86 bits per heavy atom. The van der Waals surface area contributed by atoms with Gasteiger partial charge in [0.05, 0.1) is 30.0 Å². The predicted molar refractivity (Wildman–Crippen MR) is 123 cm³/mol. The van der Waals surface area contributed by atoms with Gasteiger partial charge in [0, 0.05) is 29.3 Å². The van der Waals surface area contributed by atoms with Crippen molar-refractivity contribution in [3.05, 3.63) is 78.0 Å². The molecule has 0 radical (unpaired) electrons. The van der Waals surface area contributed by atoms with Gasteiger partial charge in [-0.05, 0) is 36.2 Å². The summed E-state index contributed by atoms with van der Waals surface area (Å²) in [7, 11) is 0. The smallest absolute Gasteiger partial charge is 0.361 e. The maximum atomic E-state index is 13.4. The molecular weight excluding hydrogens is 459 g/mol. The number of rotatable bonds is 5. The van der Waals surface area contributed by atoms with E-state index in [4.69, 9.17) is 4.74 Å². The van der Waals surface area contributed by atoms with Gasteiger partial charge >= 0.3 is 6.18 Å². The molecule has 3 aromatic rings. The molecule has 180 valence electrons. The van der Waals surface area contributed by atoms with E-state index < -0.39 is 41.2 Å². The van der Waals surface area contributed by atoms with Gasteiger partial charge in [0.2, 0.25) is 11.8 Å². The predicted octanol–water partition coefficient (Wildman–Crippen LogP) is 3.83. The van der Waals surface area contributed by atoms with Gasteiger partial charge in [0.25, 0.3) is 0 Å². The van der Waals surface area contributed by atoms with E-state index >= 15 is 0 Å². The molecule has 0 unspecified atom stereocenters. The zero-order valence-corrected chi connectivity index (χ0v) is 18.5. The number of fused-ring (bicyclic) bond motifs is 2. The number of nitrogens with one attached hydrogen (secondary N) is 2. The van der Waals surface area contributed by atoms with E-state index in [1.165, 1.54) is 17.0 Å². The van der Waals surface area contributed by atoms with Crippen molar-refractivity contribution in [2.24, 2.45) is 11.8 Å². The first kappa shape index (κ1) is 21.9. The summed E-state index contributed by atoms with van der Waals surface area (Å²) in [6.07, 6.45) is 1.05. The number of aromatic amines is 1. The van der Waals surface area contributed by atoms with E-state index in [9.17, 15) is 22.8 Å². The van der Waals surface area contributed by atoms with Crippen molar-refractivity contribution < 1.29 is 27.5 Å². The molecule has 1 spiro atoms. The van der Waals surface area contributed by atoms with Crippen molar-refractivity contribution in [2.75, 3.05) is 18.0 Å². The second-order valence-electron chi connectivity index (χ2n) is 9.27. The van der Waals surface area contributed by atoms with Gasteiger partial charge in [-0.2, -0.15) is 13.2 Å². The van der Waals surface area contributed by atoms with Crippen LogP contribution < -0.4 is 10.2 Å². The van der Waals surface area contributed by atoms with Crippen LogP contribution in [0.25, 0.3) is 10.9 Å². The Morgan fingerprint density at radius 2 is 2.03 bits per heavy atom. The molecule has 2 amide bonds. The number of para-hydroxylation sites is 1. The Hall–Kier alpha value is -3.59. The minimum absolute atomic E-state index is 0.0733. The average Bonchev–Trinajstić information content (AvgIpc) is 3.59. The quantitative estimate of drug-likeness (QED) is 0.544. The van der Waals surface area contributed by atoms with E-state index in [-0.39, 0.29) is 18.1 Å². The van der Waals surface area contributed by atoms with Crippen molar-refractivity contribution in [2.45, 2.75) is 24.3 Å². The lowest BCUT2D eigenvalue weighted by atomic mass is 9.77. The number of ether oxygens (including phenoxy) is 1. The molecule has 3 aliphatic rings. The number of benzene rings is 2. The molecule has 3 aliphatic heterocycles. The molecule has 2 fully saturated rings. The number of carbonyl (C=O) groups is 2. The number of nitrogens with zero attached hydrogens (tertiary/aromatic N) is 1. The van der Waals surface area contributed by atoms with Gasteiger partial charge in [0.15, 0.2) is 0 Å². The Labute approximate surface area is 198 Å². The summed E-state index contributed by atoms with van der Waals surface area (Å²) in [5.41, 5.74) is 0.412. The van der Waals surface area contributed by atoms with Crippen LogP contribution in [0.15, 0.2) is 66.9 Å². The summed E-state index contributed by atoms with van der Waals surface area (Å²) in [5.74, 6) is -2.19. The molecule has 0 aliphatic carbocycles. The van der Waals surface area contributed by atoms with Gasteiger partial charge in [-0.25, -0.2) is 0 Å². The van der Waals surface area contributed by atoms with Crippen molar-refractivity contribution in [3.8, 4) is 0 Å². The van der Waals surface area contributed by atoms with Crippen LogP contribution in [0.3, 0.4) is 0 Å². The third kappa shape index (κ3) is 3.44. The van der Waals surface area contributed by atoms with E-state index in [0.717, 1.165) is 28.6 Å². The standard InChI is InChI=1S/C26H22F3N3O3/c27-26(28,29)16-4-3-5-17(12-16)32-14-25-10-8-20(35-25)21(22(25)24(32)34)23(33)30-11-9-15-13-31-19-7-2-1-6-18(15)19/h1-8,10,12-13,20-22,31H,9,11,14H2,(H,30,33)/t20-,21-,22+,25+/m1/s1. The number of hydrogen-bond acceptors (Lipinski definition) is 3. The topological polar surface area (TPSA) is 74.4 Å². The molecule has 4 atom stereocenters. The highest BCUT2D eigenvalue weighted by Crippen LogP contribution is 2.52. The minimum Gasteiger partial charge on any atom is -0.361 e. The summed E-state index contributed by atoms with van der Waals surface area (Å²) in [4.78, 5) is 31.1. The molecule has 2 N–H and O–H groups in total. The molecule has 4 heterocycles. The van der Waals surface area contributed by atoms with Gasteiger partial charge in [-0.1, -0.05) is 36.4 Å². The molecule has 2 aromatic carbocycles. The lowest BCUT2D eigenvalue weighted by Gasteiger charge is -2.23. The first-order valence-electron chi connectivity index (χ1n) is 11.5. The van der Waals surface area contributed by atoms with Crippen molar-refractivity contribution in [3.63, 3.8) is 0 Å². The highest BCUT2D eigenvalue weighted by atomic mass is 19.4. The van der Waals surface area contributed by atoms with Crippen molar-refractivity contribution in [1.29, 1.82) is 0 Å². The van der Waals surface area contributed by atoms with Gasteiger partial charge < -0.3 is 19.9 Å². The van der Waals surface area contributed by atoms with Crippen LogP contribution in [0.4, 0.5) is 18.9 Å². The van der Waals surface area contributed by atoms with Crippen molar-refractivity contribution in [1.82, 2.24) is 10.3 Å². The number of amides is 2. The molecular formula is C26H22F3N3O3. The summed E-state index contributed by atoms with van der Waals surface area (Å²) in [5, 5.41) is 4.03. The second-order valence-corrected chi connectivity index (χ2v) is 9.27. The molecule has 6 rings (SSSR count). The van der Waals surface area contributed by atoms with E-state index in [1.54, 1.807) is 12.2 Å². The highest BCUT2D eigenvalue weighted by molar-refractivity contribution is 6.03. The monoisotopic (exact) mass is 481 g/mol. The molecule has 6 nitrogen and oxygen atoms in total. The average molecular weight is 481 g/mol. The lowest BCUT2D eigenvalue weighted by molar-refractivity contribution is -0.137. The first-order chi connectivity index (χ1) is 16.8. The maximum Gasteiger partial charge on any atom is 0.416 e. The number of alkyl halides is 3. The van der Waals surface area contributed by atoms with Crippen LogP contribution in [0.5, 0.6) is 0 Å². The Kier molecular flexibility index (Phi) is 4.83. The zero-order valence-electron chi connectivity index (χ0n) is 18.5. The number of hydrogen-bond donors (Lipinski definition) is 2. The molecule has 2 saturated heterocycles. The van der Waals surface area contributed by atoms with Crippen LogP contribution in [-0.4, -0.2) is 41.6 Å². The fourth-order valence-electron chi connectivity index (χ4n) is 5.64. The lowest BCUT2D eigenvalue weighted by Crippen LogP contribution is -2.44. The molecule has 2 bridgehead atoms. The van der Waals surface area contributed by atoms with E-state index in [1.807, 2.05) is 30.5 Å². The third-order valence-corrected chi connectivity index (χ3v) is 7.26. The van der Waals surface area contributed by atoms with Gasteiger partial charge in [0.1, 0.15) is 5.60 Å². The summed E-state index contributed by atoms with van der Waals surface area (Å²) in [6, 6.07) is 12.6. The summed E-state index contributed by atoms with van der Waals surface area (Å²) in [6.45, 7) is 0.461. The molecule has 9 heteroatoms. The molecule has 1 aromatic heterocycles. The zero-order chi connectivity index (χ0) is 24.4. The Bertz CT molecular complexity index is 1360. The van der Waals surface area contributed by atoms with Gasteiger partial charge in [-0.3, -0.25) is 9.59 Å². The number of anilines is 1. The minimum atomic E-state index is -4.52. The Morgan fingerprint density at radius 1 is 1.20 bits per heavy atom. The maximum absolute atomic E-state index is 13.4. The fraction of sp³-hybridized carbons (Fsp3) is 0.308. The second kappa shape index (κ2) is 7.71. The summed E-state index contributed by atoms with van der Waals surface area (Å²) < 4.78 is 45.7. The normalized spacial score (nSPS) is 27.1. The number of aromatic nitrogens is 1. The fourth-order valence-corrected chi connectivity index (χ4v) is 5.64. The largest absolute Gasteiger partial charge is 0.416 e. The van der Waals surface area contributed by atoms with E-state index in [0.29, 0.717) is 13.0 Å². The molecule has 35 heavy (non-hydrogen) atoms. The van der Waals surface area contributed by atoms with Gasteiger partial charge in [-0.15, -0.1) is 0 Å². The third-order valence-electron chi connectivity index (χ3n) is 7.26. The van der Waals surface area contributed by atoms with Crippen LogP contribution in [0.2, 0.25) is 0 Å². The van der Waals surface area contributed by atoms with Crippen LogP contribution in [0.1, 0.15) is 11.1 Å². The van der Waals surface area contributed by atoms with Crippen LogP contribution >= 0.6 is 0 Å². The number of halogens is 3. The van der Waals surface area contributed by atoms with E-state index in [2.05, 4.69) is 10.3 Å². The molecule has 0 saturated carbocycles. The van der Waals surface area contributed by atoms with Crippen molar-refractivity contribution >= 4 is 28.4 Å². The SMILES string of the molecule is O=C(NCCc1c[nH]c2ccccc12)[C@H]1[C@H]2C(=O)N(c3cccc(C(F)(F)F)c3)C[C@@]23C=C[C@H]1O3. The first-order valence-corrected chi connectivity index (χ1v) is 11.5. The highest BCUT2D eigenvalue weighted by Gasteiger charge is 2.67. The Balaban J connectivity index is 1.19. The van der Waals surface area contributed by atoms with Crippen LogP contribution in [0, 0.1) is 11.8 Å². The number of carbonyl (C=O) groups excluding carboxylic acids is 2. The van der Waals surface area contributed by atoms with Crippen LogP contribution in [-0.2, 0) is 26.9 Å². The number of H-pyrrole nitrogens is 1.